The molecule has 0 radical (unpaired) electrons. The van der Waals surface area contributed by atoms with Crippen LogP contribution < -0.4 is 15.6 Å². The number of hydrogen-bond donors (Lipinski definition) is 3. The van der Waals surface area contributed by atoms with Crippen LogP contribution >= 0.6 is 0 Å². The molecule has 0 fully saturated rings. The van der Waals surface area contributed by atoms with Crippen molar-refractivity contribution in [2.45, 2.75) is 24.9 Å². The average molecular weight is 305 g/mol. The summed E-state index contributed by atoms with van der Waals surface area (Å²) in [4.78, 5) is 16.6. The van der Waals surface area contributed by atoms with Crippen LogP contribution in [0.25, 0.3) is 0 Å². The predicted molar refractivity (Wildman–Crippen MR) is 78.7 cm³/mol. The number of para-hydroxylation sites is 1. The van der Waals surface area contributed by atoms with Gasteiger partial charge in [-0.25, -0.2) is 0 Å². The van der Waals surface area contributed by atoms with Gasteiger partial charge in [0, 0.05) is 6.04 Å². The summed E-state index contributed by atoms with van der Waals surface area (Å²) in [5, 5.41) is 14.4. The standard InChI is InChI=1S/C15H19N3O4/c1-15(14(19)20,10-18-6-7-22-17-18)16-12-8-11-4-2-3-5-13(11)21-9-12/h2-7,12,16-17H,8-10H2,1H3,(H,19,20). The molecule has 22 heavy (non-hydrogen) atoms. The zero-order valence-electron chi connectivity index (χ0n) is 12.3. The van der Waals surface area contributed by atoms with Gasteiger partial charge in [0.2, 0.25) is 0 Å². The number of aliphatic carboxylic acids is 1. The van der Waals surface area contributed by atoms with Gasteiger partial charge in [0.05, 0.1) is 12.7 Å². The van der Waals surface area contributed by atoms with Gasteiger partial charge in [0.15, 0.2) is 0 Å². The molecule has 7 heteroatoms. The van der Waals surface area contributed by atoms with Gasteiger partial charge in [0.1, 0.15) is 24.2 Å². The van der Waals surface area contributed by atoms with Crippen molar-refractivity contribution < 1.29 is 19.5 Å². The maximum Gasteiger partial charge on any atom is 0.325 e. The molecule has 0 bridgehead atoms. The minimum absolute atomic E-state index is 0.0662. The number of fused-ring (bicyclic) bond motifs is 1. The molecule has 0 saturated heterocycles. The first-order chi connectivity index (χ1) is 10.6. The van der Waals surface area contributed by atoms with Crippen LogP contribution in [-0.4, -0.2) is 40.8 Å². The molecule has 2 atom stereocenters. The summed E-state index contributed by atoms with van der Waals surface area (Å²) in [6.07, 6.45) is 3.84. The highest BCUT2D eigenvalue weighted by molar-refractivity contribution is 5.78. The van der Waals surface area contributed by atoms with Crippen LogP contribution in [0, 0.1) is 0 Å². The lowest BCUT2D eigenvalue weighted by atomic mass is 9.96. The number of nitrogens with one attached hydrogen (secondary N) is 2. The summed E-state index contributed by atoms with van der Waals surface area (Å²) in [5.41, 5.74) is 2.56. The fourth-order valence-electron chi connectivity index (χ4n) is 2.70. The van der Waals surface area contributed by atoms with E-state index in [1.807, 2.05) is 24.3 Å². The number of carboxylic acid groups (broad SMARTS) is 1. The lowest BCUT2D eigenvalue weighted by molar-refractivity contribution is -0.146. The Hall–Kier alpha value is -2.25. The number of hydrogen-bond acceptors (Lipinski definition) is 6. The molecule has 2 aliphatic rings. The molecule has 0 spiro atoms. The van der Waals surface area contributed by atoms with E-state index in [1.165, 1.54) is 6.26 Å². The molecule has 0 saturated carbocycles. The van der Waals surface area contributed by atoms with E-state index in [9.17, 15) is 9.90 Å². The highest BCUT2D eigenvalue weighted by atomic mass is 16.7. The van der Waals surface area contributed by atoms with E-state index >= 15 is 0 Å². The molecule has 3 N–H and O–H groups in total. The van der Waals surface area contributed by atoms with E-state index < -0.39 is 11.5 Å². The Kier molecular flexibility index (Phi) is 3.91. The topological polar surface area (TPSA) is 83.1 Å². The molecular formula is C15H19N3O4. The van der Waals surface area contributed by atoms with E-state index in [2.05, 4.69) is 10.9 Å². The van der Waals surface area contributed by atoms with Crippen molar-refractivity contribution in [3.8, 4) is 5.75 Å². The largest absolute Gasteiger partial charge is 0.492 e. The molecule has 0 aliphatic carbocycles. The van der Waals surface area contributed by atoms with Gasteiger partial charge in [-0.05, 0) is 25.0 Å². The van der Waals surface area contributed by atoms with Gasteiger partial charge in [-0.2, -0.15) is 0 Å². The van der Waals surface area contributed by atoms with Crippen LogP contribution in [0.2, 0.25) is 0 Å². The van der Waals surface area contributed by atoms with Crippen molar-refractivity contribution >= 4 is 5.97 Å². The highest BCUT2D eigenvalue weighted by Gasteiger charge is 2.38. The van der Waals surface area contributed by atoms with Crippen molar-refractivity contribution in [2.24, 2.45) is 0 Å². The van der Waals surface area contributed by atoms with Crippen LogP contribution in [0.4, 0.5) is 0 Å². The minimum atomic E-state index is -1.13. The van der Waals surface area contributed by atoms with Crippen LogP contribution in [0.3, 0.4) is 0 Å². The first kappa shape index (κ1) is 14.7. The third kappa shape index (κ3) is 3.00. The monoisotopic (exact) mass is 305 g/mol. The number of nitrogens with zero attached hydrogens (tertiary/aromatic N) is 1. The predicted octanol–water partition coefficient (Wildman–Crippen LogP) is 0.646. The average Bonchev–Trinajstić information content (AvgIpc) is 2.99. The molecule has 7 nitrogen and oxygen atoms in total. The molecule has 118 valence electrons. The van der Waals surface area contributed by atoms with E-state index in [0.717, 1.165) is 17.7 Å². The Balaban J connectivity index is 1.69. The summed E-state index contributed by atoms with van der Waals surface area (Å²) in [7, 11) is 0. The second kappa shape index (κ2) is 5.86. The maximum atomic E-state index is 11.7. The fraction of sp³-hybridized carbons (Fsp3) is 0.400. The fourth-order valence-corrected chi connectivity index (χ4v) is 2.70. The Morgan fingerprint density at radius 2 is 2.36 bits per heavy atom. The normalized spacial score (nSPS) is 22.4. The third-order valence-corrected chi connectivity index (χ3v) is 3.84. The van der Waals surface area contributed by atoms with Crippen molar-refractivity contribution in [3.05, 3.63) is 42.3 Å². The summed E-state index contributed by atoms with van der Waals surface area (Å²) >= 11 is 0. The molecular weight excluding hydrogens is 286 g/mol. The summed E-state index contributed by atoms with van der Waals surface area (Å²) in [6.45, 7) is 2.32. The van der Waals surface area contributed by atoms with Crippen LogP contribution in [-0.2, 0) is 16.1 Å². The van der Waals surface area contributed by atoms with Crippen LogP contribution in [0.1, 0.15) is 12.5 Å². The Morgan fingerprint density at radius 1 is 1.55 bits per heavy atom. The number of carboxylic acids is 1. The van der Waals surface area contributed by atoms with Gasteiger partial charge >= 0.3 is 5.97 Å². The van der Waals surface area contributed by atoms with Crippen molar-refractivity contribution in [1.29, 1.82) is 0 Å². The van der Waals surface area contributed by atoms with Crippen LogP contribution in [0.5, 0.6) is 5.75 Å². The quantitative estimate of drug-likeness (QED) is 0.736. The maximum absolute atomic E-state index is 11.7. The summed E-state index contributed by atoms with van der Waals surface area (Å²) in [5.74, 6) is -0.0522. The molecule has 1 aromatic rings. The van der Waals surface area contributed by atoms with Crippen molar-refractivity contribution in [1.82, 2.24) is 15.9 Å². The second-order valence-corrected chi connectivity index (χ2v) is 5.72. The van der Waals surface area contributed by atoms with Gasteiger partial charge < -0.3 is 14.7 Å². The summed E-state index contributed by atoms with van der Waals surface area (Å²) < 4.78 is 5.71. The SMILES string of the molecule is CC(CN1C=CON1)(NC1COc2ccccc2C1)C(=O)O. The van der Waals surface area contributed by atoms with Gasteiger partial charge in [-0.3, -0.25) is 15.1 Å². The first-order valence-electron chi connectivity index (χ1n) is 7.13. The Morgan fingerprint density at radius 3 is 3.09 bits per heavy atom. The molecule has 0 aromatic heterocycles. The van der Waals surface area contributed by atoms with Crippen molar-refractivity contribution in [2.75, 3.05) is 13.2 Å². The van der Waals surface area contributed by atoms with Gasteiger partial charge in [-0.15, -0.1) is 0 Å². The molecule has 1 aromatic carbocycles. The summed E-state index contributed by atoms with van der Waals surface area (Å²) in [6, 6.07) is 7.75. The van der Waals surface area contributed by atoms with Gasteiger partial charge in [-0.1, -0.05) is 23.8 Å². The number of carbonyl (C=O) groups is 1. The molecule has 3 rings (SSSR count). The number of hydrazine groups is 1. The molecule has 2 aliphatic heterocycles. The minimum Gasteiger partial charge on any atom is -0.492 e. The lowest BCUT2D eigenvalue weighted by Gasteiger charge is -2.35. The number of rotatable bonds is 5. The van der Waals surface area contributed by atoms with E-state index in [4.69, 9.17) is 9.57 Å². The van der Waals surface area contributed by atoms with Crippen LogP contribution in [0.15, 0.2) is 36.7 Å². The first-order valence-corrected chi connectivity index (χ1v) is 7.13. The lowest BCUT2D eigenvalue weighted by Crippen LogP contribution is -2.62. The van der Waals surface area contributed by atoms with Gasteiger partial charge in [0.25, 0.3) is 0 Å². The molecule has 2 unspecified atom stereocenters. The van der Waals surface area contributed by atoms with E-state index in [1.54, 1.807) is 18.1 Å². The zero-order valence-corrected chi connectivity index (χ0v) is 12.3. The Bertz CT molecular complexity index is 592. The van der Waals surface area contributed by atoms with Crippen molar-refractivity contribution in [3.63, 3.8) is 0 Å². The number of ether oxygens (including phenoxy) is 1. The molecule has 2 heterocycles. The zero-order chi connectivity index (χ0) is 15.6. The molecule has 0 amide bonds. The number of benzene rings is 1. The highest BCUT2D eigenvalue weighted by Crippen LogP contribution is 2.25. The smallest absolute Gasteiger partial charge is 0.325 e. The third-order valence-electron chi connectivity index (χ3n) is 3.84. The van der Waals surface area contributed by atoms with E-state index in [-0.39, 0.29) is 12.6 Å². The Labute approximate surface area is 128 Å². The second-order valence-electron chi connectivity index (χ2n) is 5.72. The van der Waals surface area contributed by atoms with E-state index in [0.29, 0.717) is 6.61 Å².